The second-order valence-electron chi connectivity index (χ2n) is 5.87. The third-order valence-corrected chi connectivity index (χ3v) is 4.78. The van der Waals surface area contributed by atoms with Gasteiger partial charge in [0.15, 0.2) is 5.13 Å². The Morgan fingerprint density at radius 2 is 2.08 bits per heavy atom. The summed E-state index contributed by atoms with van der Waals surface area (Å²) in [5, 5.41) is 5.47. The summed E-state index contributed by atoms with van der Waals surface area (Å²) in [5.41, 5.74) is 1.66. The zero-order chi connectivity index (χ0) is 17.1. The van der Waals surface area contributed by atoms with E-state index in [0.717, 1.165) is 29.2 Å². The van der Waals surface area contributed by atoms with Gasteiger partial charge in [-0.25, -0.2) is 4.98 Å². The maximum Gasteiger partial charge on any atom is 0.229 e. The Morgan fingerprint density at radius 3 is 2.75 bits per heavy atom. The minimum absolute atomic E-state index is 0.0662. The quantitative estimate of drug-likeness (QED) is 0.816. The maximum absolute atomic E-state index is 12.1. The van der Waals surface area contributed by atoms with Gasteiger partial charge in [0.05, 0.1) is 18.9 Å². The van der Waals surface area contributed by atoms with Crippen LogP contribution in [-0.2, 0) is 4.79 Å². The first-order valence-electron chi connectivity index (χ1n) is 8.28. The Labute approximate surface area is 146 Å². The minimum Gasteiger partial charge on any atom is -0.494 e. The molecule has 5 nitrogen and oxygen atoms in total. The van der Waals surface area contributed by atoms with E-state index in [0.29, 0.717) is 24.3 Å². The number of thiazole rings is 1. The molecule has 0 saturated heterocycles. The molecule has 1 aliphatic rings. The van der Waals surface area contributed by atoms with Gasteiger partial charge in [0.25, 0.3) is 0 Å². The second-order valence-corrected chi connectivity index (χ2v) is 6.73. The summed E-state index contributed by atoms with van der Waals surface area (Å²) in [6.45, 7) is 7.17. The molecule has 0 unspecified atom stereocenters. The van der Waals surface area contributed by atoms with E-state index in [-0.39, 0.29) is 11.8 Å². The molecule has 1 aliphatic carbocycles. The van der Waals surface area contributed by atoms with Gasteiger partial charge in [-0.15, -0.1) is 11.3 Å². The predicted molar refractivity (Wildman–Crippen MR) is 95.8 cm³/mol. The number of amides is 1. The van der Waals surface area contributed by atoms with E-state index >= 15 is 0 Å². The largest absolute Gasteiger partial charge is 0.494 e. The first-order valence-corrected chi connectivity index (χ1v) is 9.16. The topological polar surface area (TPSA) is 60.5 Å². The summed E-state index contributed by atoms with van der Waals surface area (Å²) in [4.78, 5) is 16.6. The lowest BCUT2D eigenvalue weighted by Gasteiger charge is -2.11. The highest BCUT2D eigenvalue weighted by molar-refractivity contribution is 7.14. The van der Waals surface area contributed by atoms with Crippen LogP contribution in [0.4, 0.5) is 5.13 Å². The molecule has 0 bridgehead atoms. The summed E-state index contributed by atoms with van der Waals surface area (Å²) < 4.78 is 11.3. The number of hydrogen-bond donors (Lipinski definition) is 1. The Morgan fingerprint density at radius 1 is 1.33 bits per heavy atom. The van der Waals surface area contributed by atoms with Crippen molar-refractivity contribution in [3.8, 4) is 22.8 Å². The highest BCUT2D eigenvalue weighted by Crippen LogP contribution is 2.39. The van der Waals surface area contributed by atoms with Gasteiger partial charge < -0.3 is 14.8 Å². The lowest BCUT2D eigenvalue weighted by molar-refractivity contribution is -0.117. The van der Waals surface area contributed by atoms with Crippen LogP contribution in [0.2, 0.25) is 0 Å². The van der Waals surface area contributed by atoms with Crippen LogP contribution in [0.15, 0.2) is 23.6 Å². The monoisotopic (exact) mass is 346 g/mol. The molecule has 1 saturated carbocycles. The molecular weight excluding hydrogens is 324 g/mol. The molecule has 2 aromatic rings. The summed E-state index contributed by atoms with van der Waals surface area (Å²) in [7, 11) is 0. The van der Waals surface area contributed by atoms with Gasteiger partial charge in [-0.1, -0.05) is 6.92 Å². The predicted octanol–water partition coefficient (Wildman–Crippen LogP) is 4.20. The summed E-state index contributed by atoms with van der Waals surface area (Å²) in [6, 6.07) is 5.72. The standard InChI is InChI=1S/C18H22N2O3S/c1-4-22-12-6-7-16(23-5-2)14(9-12)15-10-24-18(19-15)20-17(21)13-8-11(13)3/h6-7,9-11,13H,4-5,8H2,1-3H3,(H,19,20,21)/t11-,13-/m0/s1. The lowest BCUT2D eigenvalue weighted by atomic mass is 10.1. The SMILES string of the molecule is CCOc1ccc(OCC)c(-c2csc(NC(=O)[C@H]3C[C@@H]3C)n2)c1. The van der Waals surface area contributed by atoms with Crippen LogP contribution in [0.3, 0.4) is 0 Å². The Bertz CT molecular complexity index is 729. The van der Waals surface area contributed by atoms with E-state index in [4.69, 9.17) is 9.47 Å². The zero-order valence-corrected chi connectivity index (χ0v) is 15.0. The second kappa shape index (κ2) is 7.21. The van der Waals surface area contributed by atoms with Crippen molar-refractivity contribution in [2.45, 2.75) is 27.2 Å². The number of aromatic nitrogens is 1. The van der Waals surface area contributed by atoms with Crippen molar-refractivity contribution in [1.82, 2.24) is 4.98 Å². The van der Waals surface area contributed by atoms with Crippen LogP contribution in [0.25, 0.3) is 11.3 Å². The molecule has 1 fully saturated rings. The van der Waals surface area contributed by atoms with Crippen LogP contribution < -0.4 is 14.8 Å². The number of carbonyl (C=O) groups is 1. The van der Waals surface area contributed by atoms with Crippen molar-refractivity contribution in [1.29, 1.82) is 0 Å². The number of hydrogen-bond acceptors (Lipinski definition) is 5. The van der Waals surface area contributed by atoms with Crippen LogP contribution in [0.5, 0.6) is 11.5 Å². The molecule has 128 valence electrons. The summed E-state index contributed by atoms with van der Waals surface area (Å²) in [5.74, 6) is 2.23. The Kier molecular flexibility index (Phi) is 5.04. The molecule has 0 aliphatic heterocycles. The van der Waals surface area contributed by atoms with Gasteiger partial charge in [-0.3, -0.25) is 4.79 Å². The molecule has 1 amide bonds. The highest BCUT2D eigenvalue weighted by Gasteiger charge is 2.39. The van der Waals surface area contributed by atoms with Crippen molar-refractivity contribution in [2.24, 2.45) is 11.8 Å². The van der Waals surface area contributed by atoms with Crippen LogP contribution >= 0.6 is 11.3 Å². The number of nitrogens with zero attached hydrogens (tertiary/aromatic N) is 1. The van der Waals surface area contributed by atoms with Crippen LogP contribution in [-0.4, -0.2) is 24.1 Å². The fraction of sp³-hybridized carbons (Fsp3) is 0.444. The number of benzene rings is 1. The van der Waals surface area contributed by atoms with Crippen molar-refractivity contribution in [3.05, 3.63) is 23.6 Å². The molecule has 1 aromatic carbocycles. The minimum atomic E-state index is 0.0662. The molecular formula is C18H22N2O3S. The average molecular weight is 346 g/mol. The average Bonchev–Trinajstić information content (AvgIpc) is 3.12. The van der Waals surface area contributed by atoms with Gasteiger partial charge in [0, 0.05) is 16.9 Å². The van der Waals surface area contributed by atoms with Gasteiger partial charge in [-0.2, -0.15) is 0 Å². The van der Waals surface area contributed by atoms with Crippen molar-refractivity contribution >= 4 is 22.4 Å². The molecule has 24 heavy (non-hydrogen) atoms. The van der Waals surface area contributed by atoms with Gasteiger partial charge in [-0.05, 0) is 44.4 Å². The third kappa shape index (κ3) is 3.70. The normalized spacial score (nSPS) is 19.0. The molecule has 0 spiro atoms. The van der Waals surface area contributed by atoms with Crippen LogP contribution in [0.1, 0.15) is 27.2 Å². The van der Waals surface area contributed by atoms with Gasteiger partial charge >= 0.3 is 0 Å². The van der Waals surface area contributed by atoms with E-state index in [1.807, 2.05) is 37.4 Å². The lowest BCUT2D eigenvalue weighted by Crippen LogP contribution is -2.14. The summed E-state index contributed by atoms with van der Waals surface area (Å²) in [6.07, 6.45) is 0.967. The van der Waals surface area contributed by atoms with Gasteiger partial charge in [0.2, 0.25) is 5.91 Å². The number of anilines is 1. The number of ether oxygens (including phenoxy) is 2. The molecule has 6 heteroatoms. The van der Waals surface area contributed by atoms with Gasteiger partial charge in [0.1, 0.15) is 11.5 Å². The fourth-order valence-electron chi connectivity index (χ4n) is 2.59. The smallest absolute Gasteiger partial charge is 0.229 e. The van der Waals surface area contributed by atoms with E-state index < -0.39 is 0 Å². The Hall–Kier alpha value is -2.08. The van der Waals surface area contributed by atoms with E-state index in [1.165, 1.54) is 11.3 Å². The zero-order valence-electron chi connectivity index (χ0n) is 14.2. The molecule has 1 N–H and O–H groups in total. The summed E-state index contributed by atoms with van der Waals surface area (Å²) >= 11 is 1.43. The van der Waals surface area contributed by atoms with Crippen LogP contribution in [0, 0.1) is 11.8 Å². The number of nitrogens with one attached hydrogen (secondary N) is 1. The molecule has 0 radical (unpaired) electrons. The maximum atomic E-state index is 12.1. The first-order chi connectivity index (χ1) is 11.6. The first kappa shape index (κ1) is 16.8. The fourth-order valence-corrected chi connectivity index (χ4v) is 3.30. The highest BCUT2D eigenvalue weighted by atomic mass is 32.1. The Balaban J connectivity index is 1.82. The molecule has 1 heterocycles. The number of rotatable bonds is 7. The van der Waals surface area contributed by atoms with Crippen molar-refractivity contribution in [2.75, 3.05) is 18.5 Å². The number of carbonyl (C=O) groups excluding carboxylic acids is 1. The molecule has 1 aromatic heterocycles. The van der Waals surface area contributed by atoms with E-state index in [1.54, 1.807) is 0 Å². The van der Waals surface area contributed by atoms with Crippen molar-refractivity contribution in [3.63, 3.8) is 0 Å². The third-order valence-electron chi connectivity index (χ3n) is 4.02. The van der Waals surface area contributed by atoms with E-state index in [9.17, 15) is 4.79 Å². The van der Waals surface area contributed by atoms with E-state index in [2.05, 4.69) is 17.2 Å². The van der Waals surface area contributed by atoms with Crippen molar-refractivity contribution < 1.29 is 14.3 Å². The molecule has 2 atom stereocenters. The molecule has 3 rings (SSSR count).